The monoisotopic (exact) mass is 375 g/mol. The lowest BCUT2D eigenvalue weighted by molar-refractivity contribution is 1.14. The van der Waals surface area contributed by atoms with E-state index in [0.29, 0.717) is 0 Å². The minimum Gasteiger partial charge on any atom is -0.311 e. The molecule has 4 aromatic rings. The molecule has 0 aromatic heterocycles. The molecule has 0 amide bonds. The van der Waals surface area contributed by atoms with Gasteiger partial charge in [0.05, 0.1) is 0 Å². The van der Waals surface area contributed by atoms with E-state index in [1.54, 1.807) is 0 Å². The molecule has 4 rings (SSSR count). The average Bonchev–Trinajstić information content (AvgIpc) is 2.80. The van der Waals surface area contributed by atoms with E-state index >= 15 is 0 Å². The SMILES string of the molecule is CCc1ccc(C=Cc2ccc(N(c3ccccc3)c3ccccc3)cc2)cc1. The Morgan fingerprint density at radius 1 is 0.517 bits per heavy atom. The fourth-order valence-corrected chi connectivity index (χ4v) is 3.39. The van der Waals surface area contributed by atoms with Gasteiger partial charge in [-0.05, 0) is 59.5 Å². The summed E-state index contributed by atoms with van der Waals surface area (Å²) in [5, 5.41) is 0. The molecule has 1 heteroatoms. The number of hydrogen-bond acceptors (Lipinski definition) is 1. The number of para-hydroxylation sites is 2. The Balaban J connectivity index is 1.59. The molecular weight excluding hydrogens is 350 g/mol. The highest BCUT2D eigenvalue weighted by molar-refractivity contribution is 5.78. The normalized spacial score (nSPS) is 10.9. The van der Waals surface area contributed by atoms with Gasteiger partial charge in [-0.2, -0.15) is 0 Å². The van der Waals surface area contributed by atoms with Crippen LogP contribution in [0.25, 0.3) is 12.2 Å². The maximum absolute atomic E-state index is 2.27. The van der Waals surface area contributed by atoms with Crippen molar-refractivity contribution >= 4 is 29.2 Å². The summed E-state index contributed by atoms with van der Waals surface area (Å²) >= 11 is 0. The summed E-state index contributed by atoms with van der Waals surface area (Å²) in [5.74, 6) is 0. The van der Waals surface area contributed by atoms with Gasteiger partial charge in [-0.15, -0.1) is 0 Å². The van der Waals surface area contributed by atoms with Crippen LogP contribution in [-0.4, -0.2) is 0 Å². The minimum absolute atomic E-state index is 1.07. The molecular formula is C28H25N. The third-order valence-corrected chi connectivity index (χ3v) is 5.04. The number of rotatable bonds is 6. The second kappa shape index (κ2) is 9.07. The van der Waals surface area contributed by atoms with Crippen LogP contribution in [0.5, 0.6) is 0 Å². The minimum atomic E-state index is 1.07. The molecule has 0 radical (unpaired) electrons. The van der Waals surface area contributed by atoms with Crippen LogP contribution in [0, 0.1) is 0 Å². The Bertz CT molecular complexity index is 1010. The molecule has 29 heavy (non-hydrogen) atoms. The van der Waals surface area contributed by atoms with Crippen molar-refractivity contribution in [3.8, 4) is 0 Å². The van der Waals surface area contributed by atoms with E-state index in [2.05, 4.69) is 121 Å². The second-order valence-electron chi connectivity index (χ2n) is 7.03. The predicted molar refractivity (Wildman–Crippen MR) is 126 cm³/mol. The molecule has 0 unspecified atom stereocenters. The molecule has 0 aliphatic rings. The molecule has 0 saturated heterocycles. The van der Waals surface area contributed by atoms with Gasteiger partial charge in [0.15, 0.2) is 0 Å². The molecule has 0 saturated carbocycles. The van der Waals surface area contributed by atoms with Crippen molar-refractivity contribution in [2.24, 2.45) is 0 Å². The largest absolute Gasteiger partial charge is 0.311 e. The van der Waals surface area contributed by atoms with Gasteiger partial charge in [-0.1, -0.05) is 91.9 Å². The van der Waals surface area contributed by atoms with Crippen LogP contribution in [0.3, 0.4) is 0 Å². The molecule has 0 heterocycles. The third kappa shape index (κ3) is 4.64. The molecule has 0 atom stereocenters. The zero-order chi connectivity index (χ0) is 19.9. The molecule has 0 aliphatic heterocycles. The van der Waals surface area contributed by atoms with Crippen molar-refractivity contribution in [2.45, 2.75) is 13.3 Å². The van der Waals surface area contributed by atoms with Gasteiger partial charge >= 0.3 is 0 Å². The van der Waals surface area contributed by atoms with E-state index < -0.39 is 0 Å². The van der Waals surface area contributed by atoms with Crippen LogP contribution >= 0.6 is 0 Å². The topological polar surface area (TPSA) is 3.24 Å². The number of anilines is 3. The van der Waals surface area contributed by atoms with Crippen molar-refractivity contribution in [2.75, 3.05) is 4.90 Å². The third-order valence-electron chi connectivity index (χ3n) is 5.04. The lowest BCUT2D eigenvalue weighted by Crippen LogP contribution is -2.09. The molecule has 4 aromatic carbocycles. The first-order valence-corrected chi connectivity index (χ1v) is 10.1. The number of aryl methyl sites for hydroxylation is 1. The number of benzene rings is 4. The van der Waals surface area contributed by atoms with Crippen LogP contribution in [0.1, 0.15) is 23.6 Å². The molecule has 142 valence electrons. The van der Waals surface area contributed by atoms with E-state index in [9.17, 15) is 0 Å². The van der Waals surface area contributed by atoms with E-state index in [1.807, 2.05) is 12.1 Å². The summed E-state index contributed by atoms with van der Waals surface area (Å²) in [6.45, 7) is 2.18. The van der Waals surface area contributed by atoms with Crippen LogP contribution in [0.2, 0.25) is 0 Å². The highest BCUT2D eigenvalue weighted by atomic mass is 15.1. The lowest BCUT2D eigenvalue weighted by atomic mass is 10.1. The average molecular weight is 376 g/mol. The Hall–Kier alpha value is -3.58. The van der Waals surface area contributed by atoms with Crippen LogP contribution in [0.15, 0.2) is 109 Å². The van der Waals surface area contributed by atoms with Gasteiger partial charge in [0, 0.05) is 17.1 Å². The first-order valence-electron chi connectivity index (χ1n) is 10.1. The van der Waals surface area contributed by atoms with Crippen LogP contribution in [-0.2, 0) is 6.42 Å². The van der Waals surface area contributed by atoms with Gasteiger partial charge in [-0.25, -0.2) is 0 Å². The standard InChI is InChI=1S/C28H25N/c1-2-23-13-15-24(16-14-23)17-18-25-19-21-28(22-20-25)29(26-9-5-3-6-10-26)27-11-7-4-8-12-27/h3-22H,2H2,1H3. The number of hydrogen-bond donors (Lipinski definition) is 0. The first kappa shape index (κ1) is 18.8. The molecule has 0 fully saturated rings. The Kier molecular flexibility index (Phi) is 5.87. The highest BCUT2D eigenvalue weighted by Gasteiger charge is 2.11. The quantitative estimate of drug-likeness (QED) is 0.310. The van der Waals surface area contributed by atoms with Crippen molar-refractivity contribution in [3.05, 3.63) is 126 Å². The summed E-state index contributed by atoms with van der Waals surface area (Å²) in [4.78, 5) is 2.27. The Morgan fingerprint density at radius 2 is 0.931 bits per heavy atom. The van der Waals surface area contributed by atoms with Crippen molar-refractivity contribution in [3.63, 3.8) is 0 Å². The maximum Gasteiger partial charge on any atom is 0.0462 e. The maximum atomic E-state index is 2.27. The van der Waals surface area contributed by atoms with Gasteiger partial charge in [0.1, 0.15) is 0 Å². The highest BCUT2D eigenvalue weighted by Crippen LogP contribution is 2.34. The molecule has 0 N–H and O–H groups in total. The van der Waals surface area contributed by atoms with Gasteiger partial charge in [-0.3, -0.25) is 0 Å². The van der Waals surface area contributed by atoms with E-state index in [1.165, 1.54) is 16.7 Å². The number of nitrogens with zero attached hydrogens (tertiary/aromatic N) is 1. The first-order chi connectivity index (χ1) is 14.3. The molecule has 1 nitrogen and oxygen atoms in total. The van der Waals surface area contributed by atoms with E-state index in [-0.39, 0.29) is 0 Å². The predicted octanol–water partition coefficient (Wildman–Crippen LogP) is 7.89. The van der Waals surface area contributed by atoms with Gasteiger partial charge in [0.25, 0.3) is 0 Å². The van der Waals surface area contributed by atoms with Crippen molar-refractivity contribution in [1.29, 1.82) is 0 Å². The zero-order valence-corrected chi connectivity index (χ0v) is 16.7. The van der Waals surface area contributed by atoms with Crippen LogP contribution in [0.4, 0.5) is 17.1 Å². The summed E-state index contributed by atoms with van der Waals surface area (Å²) in [6, 6.07) is 38.4. The van der Waals surface area contributed by atoms with Crippen molar-refractivity contribution in [1.82, 2.24) is 0 Å². The van der Waals surface area contributed by atoms with Crippen molar-refractivity contribution < 1.29 is 0 Å². The van der Waals surface area contributed by atoms with Gasteiger partial charge < -0.3 is 4.90 Å². The summed E-state index contributed by atoms with van der Waals surface area (Å²) < 4.78 is 0. The fraction of sp³-hybridized carbons (Fsp3) is 0.0714. The molecule has 0 bridgehead atoms. The Labute approximate surface area is 173 Å². The summed E-state index contributed by atoms with van der Waals surface area (Å²) in [7, 11) is 0. The zero-order valence-electron chi connectivity index (χ0n) is 16.7. The fourth-order valence-electron chi connectivity index (χ4n) is 3.39. The Morgan fingerprint density at radius 3 is 1.38 bits per heavy atom. The summed E-state index contributed by atoms with van der Waals surface area (Å²) in [6.07, 6.45) is 5.41. The van der Waals surface area contributed by atoms with E-state index in [4.69, 9.17) is 0 Å². The summed E-state index contributed by atoms with van der Waals surface area (Å²) in [5.41, 5.74) is 7.23. The molecule has 0 aliphatic carbocycles. The second-order valence-corrected chi connectivity index (χ2v) is 7.03. The van der Waals surface area contributed by atoms with E-state index in [0.717, 1.165) is 23.5 Å². The smallest absolute Gasteiger partial charge is 0.0462 e. The molecule has 0 spiro atoms. The van der Waals surface area contributed by atoms with Crippen LogP contribution < -0.4 is 4.90 Å². The van der Waals surface area contributed by atoms with Gasteiger partial charge in [0.2, 0.25) is 0 Å². The lowest BCUT2D eigenvalue weighted by Gasteiger charge is -2.25.